The molecule has 2 unspecified atom stereocenters. The highest BCUT2D eigenvalue weighted by Gasteiger charge is 2.24. The maximum absolute atomic E-state index is 6.30. The van der Waals surface area contributed by atoms with E-state index in [0.29, 0.717) is 6.61 Å². The predicted molar refractivity (Wildman–Crippen MR) is 87.5 cm³/mol. The van der Waals surface area contributed by atoms with Gasteiger partial charge in [-0.15, -0.1) is 0 Å². The van der Waals surface area contributed by atoms with Crippen molar-refractivity contribution in [3.05, 3.63) is 35.4 Å². The molecule has 0 saturated carbocycles. The zero-order valence-electron chi connectivity index (χ0n) is 13.8. The molecule has 0 heterocycles. The normalized spacial score (nSPS) is 14.4. The van der Waals surface area contributed by atoms with E-state index >= 15 is 0 Å². The lowest BCUT2D eigenvalue weighted by Crippen LogP contribution is -2.42. The van der Waals surface area contributed by atoms with Gasteiger partial charge in [0.05, 0.1) is 6.61 Å². The summed E-state index contributed by atoms with van der Waals surface area (Å²) in [5.74, 6) is 0. The van der Waals surface area contributed by atoms with Gasteiger partial charge in [0, 0.05) is 46.0 Å². The van der Waals surface area contributed by atoms with Crippen LogP contribution in [0.2, 0.25) is 0 Å². The van der Waals surface area contributed by atoms with Crippen LogP contribution in [0.4, 0.5) is 0 Å². The van der Waals surface area contributed by atoms with Crippen molar-refractivity contribution in [1.29, 1.82) is 0 Å². The fourth-order valence-corrected chi connectivity index (χ4v) is 2.74. The summed E-state index contributed by atoms with van der Waals surface area (Å²) >= 11 is 0. The Bertz CT molecular complexity index is 396. The molecule has 1 aromatic carbocycles. The molecule has 0 aliphatic heterocycles. The Hall–Kier alpha value is -0.940. The Morgan fingerprint density at radius 2 is 1.76 bits per heavy atom. The van der Waals surface area contributed by atoms with Crippen LogP contribution >= 0.6 is 0 Å². The molecular weight excluding hydrogens is 264 g/mol. The van der Waals surface area contributed by atoms with E-state index in [0.717, 1.165) is 26.1 Å². The molecule has 0 bridgehead atoms. The third-order valence-electron chi connectivity index (χ3n) is 3.77. The average molecular weight is 294 g/mol. The zero-order valence-corrected chi connectivity index (χ0v) is 13.8. The molecule has 0 saturated heterocycles. The molecule has 2 atom stereocenters. The largest absolute Gasteiger partial charge is 0.385 e. The molecule has 4 heteroatoms. The summed E-state index contributed by atoms with van der Waals surface area (Å²) in [6, 6.07) is 8.75. The van der Waals surface area contributed by atoms with Gasteiger partial charge in [0.2, 0.25) is 0 Å². The van der Waals surface area contributed by atoms with Crippen LogP contribution in [0.25, 0.3) is 0 Å². The molecule has 1 rings (SSSR count). The van der Waals surface area contributed by atoms with E-state index in [1.807, 2.05) is 0 Å². The topological polar surface area (TPSA) is 47.7 Å². The summed E-state index contributed by atoms with van der Waals surface area (Å²) in [6.07, 6.45) is 0.995. The molecule has 21 heavy (non-hydrogen) atoms. The summed E-state index contributed by atoms with van der Waals surface area (Å²) < 4.78 is 10.4. The number of hydrogen-bond donors (Lipinski definition) is 1. The lowest BCUT2D eigenvalue weighted by Gasteiger charge is -2.35. The van der Waals surface area contributed by atoms with Crippen molar-refractivity contribution in [3.8, 4) is 0 Å². The third kappa shape index (κ3) is 5.75. The Balaban J connectivity index is 2.93. The van der Waals surface area contributed by atoms with E-state index in [9.17, 15) is 0 Å². The Morgan fingerprint density at radius 1 is 1.10 bits per heavy atom. The van der Waals surface area contributed by atoms with Gasteiger partial charge >= 0.3 is 0 Å². The molecule has 4 nitrogen and oxygen atoms in total. The van der Waals surface area contributed by atoms with Crippen molar-refractivity contribution in [2.45, 2.75) is 32.4 Å². The SMILES string of the molecule is COCCCN(CCOC)C(c1ccccc1C)C(C)N. The molecule has 0 aromatic heterocycles. The highest BCUT2D eigenvalue weighted by molar-refractivity contribution is 5.29. The number of aryl methyl sites for hydroxylation is 1. The van der Waals surface area contributed by atoms with E-state index < -0.39 is 0 Å². The van der Waals surface area contributed by atoms with Gasteiger partial charge in [0.15, 0.2) is 0 Å². The molecule has 0 fully saturated rings. The van der Waals surface area contributed by atoms with Gasteiger partial charge in [-0.1, -0.05) is 24.3 Å². The number of hydrogen-bond acceptors (Lipinski definition) is 4. The van der Waals surface area contributed by atoms with Crippen LogP contribution in [0.15, 0.2) is 24.3 Å². The fourth-order valence-electron chi connectivity index (χ4n) is 2.74. The first-order valence-electron chi connectivity index (χ1n) is 7.64. The van der Waals surface area contributed by atoms with Gasteiger partial charge in [0.25, 0.3) is 0 Å². The molecular formula is C17H30N2O2. The van der Waals surface area contributed by atoms with Crippen molar-refractivity contribution >= 4 is 0 Å². The van der Waals surface area contributed by atoms with Gasteiger partial charge < -0.3 is 15.2 Å². The monoisotopic (exact) mass is 294 g/mol. The van der Waals surface area contributed by atoms with Crippen LogP contribution < -0.4 is 5.73 Å². The van der Waals surface area contributed by atoms with Crippen molar-refractivity contribution in [2.24, 2.45) is 5.73 Å². The maximum Gasteiger partial charge on any atom is 0.0589 e. The highest BCUT2D eigenvalue weighted by atomic mass is 16.5. The van der Waals surface area contributed by atoms with Gasteiger partial charge in [0.1, 0.15) is 0 Å². The quantitative estimate of drug-likeness (QED) is 0.673. The number of rotatable bonds is 10. The van der Waals surface area contributed by atoms with Crippen LogP contribution in [0.5, 0.6) is 0 Å². The second-order valence-electron chi connectivity index (χ2n) is 5.54. The highest BCUT2D eigenvalue weighted by Crippen LogP contribution is 2.26. The molecule has 0 radical (unpaired) electrons. The maximum atomic E-state index is 6.30. The molecule has 0 spiro atoms. The number of ether oxygens (including phenoxy) is 2. The second kappa shape index (κ2) is 9.90. The van der Waals surface area contributed by atoms with Crippen molar-refractivity contribution in [2.75, 3.05) is 40.5 Å². The lowest BCUT2D eigenvalue weighted by atomic mass is 9.95. The summed E-state index contributed by atoms with van der Waals surface area (Å²) in [4.78, 5) is 2.41. The van der Waals surface area contributed by atoms with Gasteiger partial charge in [-0.25, -0.2) is 0 Å². The smallest absolute Gasteiger partial charge is 0.0589 e. The van der Waals surface area contributed by atoms with Crippen LogP contribution in [0.3, 0.4) is 0 Å². The fraction of sp³-hybridized carbons (Fsp3) is 0.647. The second-order valence-corrected chi connectivity index (χ2v) is 5.54. The van der Waals surface area contributed by atoms with Crippen LogP contribution in [-0.4, -0.2) is 51.5 Å². The van der Waals surface area contributed by atoms with Crippen LogP contribution in [-0.2, 0) is 9.47 Å². The zero-order chi connectivity index (χ0) is 15.7. The van der Waals surface area contributed by atoms with Crippen molar-refractivity contribution < 1.29 is 9.47 Å². The summed E-state index contributed by atoms with van der Waals surface area (Å²) in [5.41, 5.74) is 8.89. The molecule has 0 aliphatic carbocycles. The standard InChI is InChI=1S/C17H30N2O2/c1-14-8-5-6-9-16(14)17(15(2)18)19(11-13-21-4)10-7-12-20-3/h5-6,8-9,15,17H,7,10-13,18H2,1-4H3. The van der Waals surface area contributed by atoms with E-state index in [1.54, 1.807) is 14.2 Å². The number of nitrogens with zero attached hydrogens (tertiary/aromatic N) is 1. The Morgan fingerprint density at radius 3 is 2.33 bits per heavy atom. The number of methoxy groups -OCH3 is 2. The van der Waals surface area contributed by atoms with Crippen LogP contribution in [0, 0.1) is 6.92 Å². The molecule has 120 valence electrons. The minimum absolute atomic E-state index is 0.0606. The molecule has 0 amide bonds. The minimum atomic E-state index is 0.0606. The molecule has 0 aliphatic rings. The summed E-state index contributed by atoms with van der Waals surface area (Å²) in [6.45, 7) is 7.53. The number of nitrogens with two attached hydrogens (primary N) is 1. The first-order chi connectivity index (χ1) is 10.1. The average Bonchev–Trinajstić information content (AvgIpc) is 2.46. The van der Waals surface area contributed by atoms with E-state index in [2.05, 4.69) is 43.0 Å². The first-order valence-corrected chi connectivity index (χ1v) is 7.64. The van der Waals surface area contributed by atoms with E-state index in [1.165, 1.54) is 11.1 Å². The molecule has 2 N–H and O–H groups in total. The minimum Gasteiger partial charge on any atom is -0.385 e. The van der Waals surface area contributed by atoms with Gasteiger partial charge in [-0.05, 0) is 31.4 Å². The van der Waals surface area contributed by atoms with Crippen molar-refractivity contribution in [1.82, 2.24) is 4.90 Å². The lowest BCUT2D eigenvalue weighted by molar-refractivity contribution is 0.0979. The predicted octanol–water partition coefficient (Wildman–Crippen LogP) is 2.37. The third-order valence-corrected chi connectivity index (χ3v) is 3.77. The Labute approximate surface area is 129 Å². The van der Waals surface area contributed by atoms with Crippen molar-refractivity contribution in [3.63, 3.8) is 0 Å². The van der Waals surface area contributed by atoms with E-state index in [-0.39, 0.29) is 12.1 Å². The van der Waals surface area contributed by atoms with Gasteiger partial charge in [-0.3, -0.25) is 4.90 Å². The number of benzene rings is 1. The van der Waals surface area contributed by atoms with E-state index in [4.69, 9.17) is 15.2 Å². The molecule has 1 aromatic rings. The van der Waals surface area contributed by atoms with Gasteiger partial charge in [-0.2, -0.15) is 0 Å². The Kier molecular flexibility index (Phi) is 8.54. The summed E-state index contributed by atoms with van der Waals surface area (Å²) in [5, 5.41) is 0. The van der Waals surface area contributed by atoms with Crippen LogP contribution in [0.1, 0.15) is 30.5 Å². The summed E-state index contributed by atoms with van der Waals surface area (Å²) in [7, 11) is 3.48. The first kappa shape index (κ1) is 18.1.